The molecule has 0 aliphatic heterocycles. The van der Waals surface area contributed by atoms with E-state index < -0.39 is 0 Å². The van der Waals surface area contributed by atoms with E-state index in [9.17, 15) is 0 Å². The Morgan fingerprint density at radius 1 is 1.35 bits per heavy atom. The van der Waals surface area contributed by atoms with Crippen molar-refractivity contribution in [3.63, 3.8) is 0 Å². The van der Waals surface area contributed by atoms with Crippen LogP contribution in [0.25, 0.3) is 0 Å². The highest BCUT2D eigenvalue weighted by Crippen LogP contribution is 2.31. The standard InChI is InChI=1S/C16H23N3O/c1-6-19-10-14(9-17-19)13(4)18-15-8-7-11(2)16(20-5)12(15)3/h7-10,13,18H,6H2,1-5H3. The Balaban J connectivity index is 2.21. The van der Waals surface area contributed by atoms with Crippen molar-refractivity contribution >= 4 is 5.69 Å². The first-order valence-electron chi connectivity index (χ1n) is 6.99. The second kappa shape index (κ2) is 5.99. The van der Waals surface area contributed by atoms with Crippen molar-refractivity contribution in [2.75, 3.05) is 12.4 Å². The Kier molecular flexibility index (Phi) is 4.32. The van der Waals surface area contributed by atoms with Gasteiger partial charge in [0.25, 0.3) is 0 Å². The molecule has 2 aromatic rings. The summed E-state index contributed by atoms with van der Waals surface area (Å²) < 4.78 is 7.41. The average Bonchev–Trinajstić information content (AvgIpc) is 2.91. The van der Waals surface area contributed by atoms with Crippen molar-refractivity contribution in [3.8, 4) is 5.75 Å². The van der Waals surface area contributed by atoms with Gasteiger partial charge in [-0.2, -0.15) is 5.10 Å². The summed E-state index contributed by atoms with van der Waals surface area (Å²) in [4.78, 5) is 0. The van der Waals surface area contributed by atoms with Crippen LogP contribution in [0.15, 0.2) is 24.5 Å². The van der Waals surface area contributed by atoms with Crippen LogP contribution >= 0.6 is 0 Å². The summed E-state index contributed by atoms with van der Waals surface area (Å²) in [5.74, 6) is 0.950. The average molecular weight is 273 g/mol. The van der Waals surface area contributed by atoms with E-state index in [4.69, 9.17) is 4.74 Å². The van der Waals surface area contributed by atoms with E-state index in [1.54, 1.807) is 7.11 Å². The molecule has 1 atom stereocenters. The van der Waals surface area contributed by atoms with Gasteiger partial charge in [0.05, 0.1) is 19.3 Å². The molecule has 2 rings (SSSR count). The number of hydrogen-bond donors (Lipinski definition) is 1. The van der Waals surface area contributed by atoms with Crippen LogP contribution in [0.3, 0.4) is 0 Å². The number of rotatable bonds is 5. The quantitative estimate of drug-likeness (QED) is 0.902. The smallest absolute Gasteiger partial charge is 0.126 e. The fraction of sp³-hybridized carbons (Fsp3) is 0.438. The number of aryl methyl sites for hydroxylation is 2. The monoisotopic (exact) mass is 273 g/mol. The zero-order valence-corrected chi connectivity index (χ0v) is 12.9. The van der Waals surface area contributed by atoms with Crippen LogP contribution in [0, 0.1) is 13.8 Å². The molecular formula is C16H23N3O. The summed E-state index contributed by atoms with van der Waals surface area (Å²) >= 11 is 0. The first-order valence-corrected chi connectivity index (χ1v) is 6.99. The molecule has 0 amide bonds. The maximum atomic E-state index is 5.47. The van der Waals surface area contributed by atoms with Gasteiger partial charge in [-0.25, -0.2) is 0 Å². The molecule has 108 valence electrons. The largest absolute Gasteiger partial charge is 0.496 e. The molecule has 20 heavy (non-hydrogen) atoms. The first kappa shape index (κ1) is 14.4. The van der Waals surface area contributed by atoms with Crippen LogP contribution in [0.4, 0.5) is 5.69 Å². The molecule has 1 heterocycles. The number of hydrogen-bond acceptors (Lipinski definition) is 3. The second-order valence-corrected chi connectivity index (χ2v) is 5.08. The normalized spacial score (nSPS) is 12.2. The number of aromatic nitrogens is 2. The van der Waals surface area contributed by atoms with E-state index >= 15 is 0 Å². The molecule has 0 bridgehead atoms. The fourth-order valence-corrected chi connectivity index (χ4v) is 2.39. The van der Waals surface area contributed by atoms with Gasteiger partial charge in [-0.3, -0.25) is 4.68 Å². The van der Waals surface area contributed by atoms with Crippen LogP contribution in [0.1, 0.15) is 36.6 Å². The molecule has 1 aromatic heterocycles. The summed E-state index contributed by atoms with van der Waals surface area (Å²) in [7, 11) is 1.72. The topological polar surface area (TPSA) is 39.1 Å². The lowest BCUT2D eigenvalue weighted by Crippen LogP contribution is -2.08. The Morgan fingerprint density at radius 2 is 2.10 bits per heavy atom. The van der Waals surface area contributed by atoms with E-state index in [0.29, 0.717) is 0 Å². The molecular weight excluding hydrogens is 250 g/mol. The zero-order valence-electron chi connectivity index (χ0n) is 12.9. The van der Waals surface area contributed by atoms with Gasteiger partial charge in [0.15, 0.2) is 0 Å². The van der Waals surface area contributed by atoms with Gasteiger partial charge in [-0.05, 0) is 39.3 Å². The van der Waals surface area contributed by atoms with E-state index in [1.807, 2.05) is 10.9 Å². The second-order valence-electron chi connectivity index (χ2n) is 5.08. The molecule has 0 spiro atoms. The highest BCUT2D eigenvalue weighted by molar-refractivity contribution is 5.60. The maximum absolute atomic E-state index is 5.47. The Hall–Kier alpha value is -1.97. The summed E-state index contributed by atoms with van der Waals surface area (Å²) in [6, 6.07) is 4.39. The number of nitrogens with zero attached hydrogens (tertiary/aromatic N) is 2. The van der Waals surface area contributed by atoms with E-state index in [0.717, 1.165) is 29.1 Å². The third-order valence-electron chi connectivity index (χ3n) is 3.66. The van der Waals surface area contributed by atoms with Gasteiger partial charge in [0.2, 0.25) is 0 Å². The molecule has 1 N–H and O–H groups in total. The summed E-state index contributed by atoms with van der Waals surface area (Å²) in [6.07, 6.45) is 4.00. The molecule has 1 aromatic carbocycles. The van der Waals surface area contributed by atoms with Crippen LogP contribution < -0.4 is 10.1 Å². The molecule has 0 saturated carbocycles. The van der Waals surface area contributed by atoms with Gasteiger partial charge >= 0.3 is 0 Å². The van der Waals surface area contributed by atoms with Crippen molar-refractivity contribution in [3.05, 3.63) is 41.2 Å². The molecule has 1 unspecified atom stereocenters. The molecule has 0 aliphatic rings. The highest BCUT2D eigenvalue weighted by atomic mass is 16.5. The number of ether oxygens (including phenoxy) is 1. The number of nitrogens with one attached hydrogen (secondary N) is 1. The predicted molar refractivity (Wildman–Crippen MR) is 82.4 cm³/mol. The summed E-state index contributed by atoms with van der Waals surface area (Å²) in [5.41, 5.74) is 4.58. The van der Waals surface area contributed by atoms with E-state index in [-0.39, 0.29) is 6.04 Å². The Morgan fingerprint density at radius 3 is 2.70 bits per heavy atom. The van der Waals surface area contributed by atoms with Crippen molar-refractivity contribution in [2.45, 2.75) is 40.3 Å². The third kappa shape index (κ3) is 2.79. The fourth-order valence-electron chi connectivity index (χ4n) is 2.39. The van der Waals surface area contributed by atoms with Gasteiger partial charge < -0.3 is 10.1 Å². The van der Waals surface area contributed by atoms with Gasteiger partial charge in [0.1, 0.15) is 5.75 Å². The SMILES string of the molecule is CCn1cc(C(C)Nc2ccc(C)c(OC)c2C)cn1. The van der Waals surface area contributed by atoms with Crippen LogP contribution in [0.5, 0.6) is 5.75 Å². The molecule has 0 fully saturated rings. The molecule has 0 aliphatic carbocycles. The lowest BCUT2D eigenvalue weighted by Gasteiger charge is -2.18. The lowest BCUT2D eigenvalue weighted by molar-refractivity contribution is 0.409. The van der Waals surface area contributed by atoms with Crippen molar-refractivity contribution in [1.29, 1.82) is 0 Å². The molecule has 4 heteroatoms. The summed E-state index contributed by atoms with van der Waals surface area (Å²) in [6.45, 7) is 9.26. The van der Waals surface area contributed by atoms with Crippen molar-refractivity contribution < 1.29 is 4.74 Å². The number of benzene rings is 1. The van der Waals surface area contributed by atoms with Gasteiger partial charge in [-0.15, -0.1) is 0 Å². The zero-order chi connectivity index (χ0) is 14.7. The van der Waals surface area contributed by atoms with Gasteiger partial charge in [0, 0.05) is 29.6 Å². The van der Waals surface area contributed by atoms with Gasteiger partial charge in [-0.1, -0.05) is 6.07 Å². The van der Waals surface area contributed by atoms with Crippen LogP contribution in [-0.2, 0) is 6.54 Å². The predicted octanol–water partition coefficient (Wildman–Crippen LogP) is 3.70. The van der Waals surface area contributed by atoms with E-state index in [2.05, 4.69) is 56.4 Å². The molecule has 0 radical (unpaired) electrons. The van der Waals surface area contributed by atoms with Crippen molar-refractivity contribution in [2.24, 2.45) is 0 Å². The van der Waals surface area contributed by atoms with Crippen LogP contribution in [0.2, 0.25) is 0 Å². The minimum absolute atomic E-state index is 0.210. The maximum Gasteiger partial charge on any atom is 0.126 e. The highest BCUT2D eigenvalue weighted by Gasteiger charge is 2.12. The lowest BCUT2D eigenvalue weighted by atomic mass is 10.1. The third-order valence-corrected chi connectivity index (χ3v) is 3.66. The minimum atomic E-state index is 0.210. The Bertz CT molecular complexity index is 589. The number of methoxy groups -OCH3 is 1. The Labute approximate surface area is 120 Å². The molecule has 0 saturated heterocycles. The van der Waals surface area contributed by atoms with E-state index in [1.165, 1.54) is 5.56 Å². The van der Waals surface area contributed by atoms with Crippen molar-refractivity contribution in [1.82, 2.24) is 9.78 Å². The number of anilines is 1. The minimum Gasteiger partial charge on any atom is -0.496 e. The molecule has 4 nitrogen and oxygen atoms in total. The van der Waals surface area contributed by atoms with Crippen LogP contribution in [-0.4, -0.2) is 16.9 Å². The summed E-state index contributed by atoms with van der Waals surface area (Å²) in [5, 5.41) is 7.85. The first-order chi connectivity index (χ1) is 9.56.